The first-order valence-corrected chi connectivity index (χ1v) is 5.56. The minimum atomic E-state index is -0.877. The molecule has 4 heteroatoms. The molecule has 1 atom stereocenters. The van der Waals surface area contributed by atoms with Gasteiger partial charge in [-0.2, -0.15) is 0 Å². The number of carbonyl (C=O) groups is 1. The topological polar surface area (TPSA) is 79.1 Å². The average molecular weight is 232 g/mol. The third-order valence-electron chi connectivity index (χ3n) is 3.07. The monoisotopic (exact) mass is 232 g/mol. The summed E-state index contributed by atoms with van der Waals surface area (Å²) >= 11 is 0. The largest absolute Gasteiger partial charge is 0.481 e. The maximum absolute atomic E-state index is 11.2. The van der Waals surface area contributed by atoms with Crippen LogP contribution in [0.2, 0.25) is 0 Å². The van der Waals surface area contributed by atoms with Crippen molar-refractivity contribution in [1.82, 2.24) is 4.98 Å². The second-order valence-corrected chi connectivity index (χ2v) is 4.34. The van der Waals surface area contributed by atoms with Crippen LogP contribution in [-0.4, -0.2) is 22.6 Å². The van der Waals surface area contributed by atoms with E-state index in [2.05, 4.69) is 4.98 Å². The third kappa shape index (κ3) is 1.91. The van der Waals surface area contributed by atoms with Gasteiger partial charge in [-0.15, -0.1) is 0 Å². The van der Waals surface area contributed by atoms with Crippen molar-refractivity contribution >= 4 is 16.9 Å². The molecule has 1 aromatic carbocycles. The van der Waals surface area contributed by atoms with E-state index in [1.807, 2.05) is 32.0 Å². The van der Waals surface area contributed by atoms with Gasteiger partial charge in [-0.05, 0) is 31.5 Å². The SMILES string of the molecule is Cc1ccc2[nH]c(C)c(C(CN)C(=O)O)c2c1. The molecule has 0 aliphatic carbocycles. The lowest BCUT2D eigenvalue weighted by Gasteiger charge is -2.10. The van der Waals surface area contributed by atoms with Crippen molar-refractivity contribution in [3.05, 3.63) is 35.0 Å². The fourth-order valence-electron chi connectivity index (χ4n) is 2.25. The molecule has 4 nitrogen and oxygen atoms in total. The van der Waals surface area contributed by atoms with Gasteiger partial charge in [0.1, 0.15) is 0 Å². The molecule has 0 spiro atoms. The zero-order valence-corrected chi connectivity index (χ0v) is 9.95. The maximum Gasteiger partial charge on any atom is 0.312 e. The van der Waals surface area contributed by atoms with Crippen LogP contribution in [0.5, 0.6) is 0 Å². The summed E-state index contributed by atoms with van der Waals surface area (Å²) in [6.45, 7) is 3.98. The summed E-state index contributed by atoms with van der Waals surface area (Å²) in [7, 11) is 0. The van der Waals surface area contributed by atoms with Crippen molar-refractivity contribution in [1.29, 1.82) is 0 Å². The Morgan fingerprint density at radius 2 is 2.18 bits per heavy atom. The predicted molar refractivity (Wildman–Crippen MR) is 67.2 cm³/mol. The molecule has 1 unspecified atom stereocenters. The number of benzene rings is 1. The maximum atomic E-state index is 11.2. The molecule has 1 aromatic heterocycles. The van der Waals surface area contributed by atoms with Crippen molar-refractivity contribution in [3.63, 3.8) is 0 Å². The molecule has 0 saturated carbocycles. The second kappa shape index (κ2) is 4.22. The first-order valence-electron chi connectivity index (χ1n) is 5.56. The summed E-state index contributed by atoms with van der Waals surface area (Å²) in [6, 6.07) is 5.97. The zero-order chi connectivity index (χ0) is 12.6. The van der Waals surface area contributed by atoms with Gasteiger partial charge in [0.15, 0.2) is 0 Å². The zero-order valence-electron chi connectivity index (χ0n) is 9.95. The molecule has 0 aliphatic heterocycles. The normalized spacial score (nSPS) is 12.9. The molecular formula is C13H16N2O2. The Hall–Kier alpha value is -1.81. The first kappa shape index (κ1) is 11.7. The van der Waals surface area contributed by atoms with Gasteiger partial charge in [0.2, 0.25) is 0 Å². The molecule has 0 bridgehead atoms. The number of nitrogens with one attached hydrogen (secondary N) is 1. The van der Waals surface area contributed by atoms with Crippen molar-refractivity contribution in [2.75, 3.05) is 6.54 Å². The van der Waals surface area contributed by atoms with E-state index in [-0.39, 0.29) is 6.54 Å². The number of carboxylic acids is 1. The molecular weight excluding hydrogens is 216 g/mol. The Morgan fingerprint density at radius 3 is 2.76 bits per heavy atom. The first-order chi connectivity index (χ1) is 8.04. The van der Waals surface area contributed by atoms with Crippen LogP contribution in [-0.2, 0) is 4.79 Å². The van der Waals surface area contributed by atoms with Gasteiger partial charge >= 0.3 is 5.97 Å². The molecule has 4 N–H and O–H groups in total. The Bertz CT molecular complexity index is 572. The number of hydrogen-bond acceptors (Lipinski definition) is 2. The molecule has 0 saturated heterocycles. The highest BCUT2D eigenvalue weighted by Crippen LogP contribution is 2.29. The van der Waals surface area contributed by atoms with E-state index in [0.717, 1.165) is 27.7 Å². The predicted octanol–water partition coefficient (Wildman–Crippen LogP) is 1.91. The molecule has 0 radical (unpaired) electrons. The number of aromatic nitrogens is 1. The molecule has 2 aromatic rings. The number of hydrogen-bond donors (Lipinski definition) is 3. The highest BCUT2D eigenvalue weighted by Gasteiger charge is 2.23. The Labute approximate surface area is 99.4 Å². The molecule has 2 rings (SSSR count). The Morgan fingerprint density at radius 1 is 1.47 bits per heavy atom. The van der Waals surface area contributed by atoms with Gasteiger partial charge < -0.3 is 15.8 Å². The standard InChI is InChI=1S/C13H16N2O2/c1-7-3-4-11-9(5-7)12(8(2)15-11)10(6-14)13(16)17/h3-5,10,15H,6,14H2,1-2H3,(H,16,17). The summed E-state index contributed by atoms with van der Waals surface area (Å²) in [6.07, 6.45) is 0. The van der Waals surface area contributed by atoms with Crippen LogP contribution in [0, 0.1) is 13.8 Å². The number of aromatic amines is 1. The van der Waals surface area contributed by atoms with Gasteiger partial charge in [0, 0.05) is 23.1 Å². The number of nitrogens with two attached hydrogens (primary N) is 1. The summed E-state index contributed by atoms with van der Waals surface area (Å²) in [5.41, 5.74) is 9.32. The van der Waals surface area contributed by atoms with Gasteiger partial charge in [0.05, 0.1) is 5.92 Å². The van der Waals surface area contributed by atoms with E-state index in [1.165, 1.54) is 0 Å². The smallest absolute Gasteiger partial charge is 0.312 e. The van der Waals surface area contributed by atoms with Crippen molar-refractivity contribution in [2.45, 2.75) is 19.8 Å². The number of fused-ring (bicyclic) bond motifs is 1. The van der Waals surface area contributed by atoms with E-state index in [1.54, 1.807) is 0 Å². The molecule has 0 fully saturated rings. The van der Waals surface area contributed by atoms with Crippen LogP contribution < -0.4 is 5.73 Å². The van der Waals surface area contributed by atoms with Crippen molar-refractivity contribution < 1.29 is 9.90 Å². The van der Waals surface area contributed by atoms with Gasteiger partial charge in [-0.3, -0.25) is 4.79 Å². The minimum Gasteiger partial charge on any atom is -0.481 e. The van der Waals surface area contributed by atoms with Gasteiger partial charge in [-0.1, -0.05) is 11.6 Å². The minimum absolute atomic E-state index is 0.108. The number of rotatable bonds is 3. The second-order valence-electron chi connectivity index (χ2n) is 4.34. The quantitative estimate of drug-likeness (QED) is 0.756. The molecule has 90 valence electrons. The number of aryl methyl sites for hydroxylation is 2. The fraction of sp³-hybridized carbons (Fsp3) is 0.308. The van der Waals surface area contributed by atoms with E-state index >= 15 is 0 Å². The Kier molecular flexibility index (Phi) is 2.90. The third-order valence-corrected chi connectivity index (χ3v) is 3.07. The van der Waals surface area contributed by atoms with Crippen molar-refractivity contribution in [3.8, 4) is 0 Å². The highest BCUT2D eigenvalue weighted by atomic mass is 16.4. The summed E-state index contributed by atoms with van der Waals surface area (Å²) < 4.78 is 0. The van der Waals surface area contributed by atoms with Gasteiger partial charge in [-0.25, -0.2) is 0 Å². The number of carboxylic acid groups (broad SMARTS) is 1. The van der Waals surface area contributed by atoms with Crippen molar-refractivity contribution in [2.24, 2.45) is 5.73 Å². The van der Waals surface area contributed by atoms with E-state index < -0.39 is 11.9 Å². The molecule has 1 heterocycles. The molecule has 0 aliphatic rings. The van der Waals surface area contributed by atoms with E-state index in [4.69, 9.17) is 5.73 Å². The number of H-pyrrole nitrogens is 1. The summed E-state index contributed by atoms with van der Waals surface area (Å²) in [5.74, 6) is -1.52. The van der Waals surface area contributed by atoms with Crippen LogP contribution in [0.3, 0.4) is 0 Å². The number of aliphatic carboxylic acids is 1. The van der Waals surface area contributed by atoms with Crippen LogP contribution in [0.15, 0.2) is 18.2 Å². The lowest BCUT2D eigenvalue weighted by Crippen LogP contribution is -2.21. The van der Waals surface area contributed by atoms with Crippen LogP contribution in [0.1, 0.15) is 22.7 Å². The van der Waals surface area contributed by atoms with Crippen LogP contribution >= 0.6 is 0 Å². The highest BCUT2D eigenvalue weighted by molar-refractivity contribution is 5.91. The van der Waals surface area contributed by atoms with Crippen LogP contribution in [0.25, 0.3) is 10.9 Å². The van der Waals surface area contributed by atoms with Crippen LogP contribution in [0.4, 0.5) is 0 Å². The van der Waals surface area contributed by atoms with E-state index in [9.17, 15) is 9.90 Å². The molecule has 17 heavy (non-hydrogen) atoms. The fourth-order valence-corrected chi connectivity index (χ4v) is 2.25. The van der Waals surface area contributed by atoms with Gasteiger partial charge in [0.25, 0.3) is 0 Å². The average Bonchev–Trinajstić information content (AvgIpc) is 2.56. The van der Waals surface area contributed by atoms with E-state index in [0.29, 0.717) is 0 Å². The molecule has 0 amide bonds. The Balaban J connectivity index is 2.70. The summed E-state index contributed by atoms with van der Waals surface area (Å²) in [4.78, 5) is 14.4. The lowest BCUT2D eigenvalue weighted by atomic mass is 9.95. The lowest BCUT2D eigenvalue weighted by molar-refractivity contribution is -0.138. The summed E-state index contributed by atoms with van der Waals surface area (Å²) in [5, 5.41) is 10.2.